The van der Waals surface area contributed by atoms with Gasteiger partial charge in [0.25, 0.3) is 0 Å². The molecule has 0 unspecified atom stereocenters. The minimum atomic E-state index is 0.525. The van der Waals surface area contributed by atoms with Crippen molar-refractivity contribution in [2.45, 2.75) is 13.2 Å². The summed E-state index contributed by atoms with van der Waals surface area (Å²) < 4.78 is 6.09. The molecule has 57 heavy (non-hydrogen) atoms. The number of H-pyrrole nitrogens is 2. The molecule has 8 bridgehead atoms. The summed E-state index contributed by atoms with van der Waals surface area (Å²) >= 11 is 0. The van der Waals surface area contributed by atoms with Crippen LogP contribution in [0.25, 0.3) is 90.9 Å². The Labute approximate surface area is 331 Å². The van der Waals surface area contributed by atoms with Gasteiger partial charge in [0, 0.05) is 44.3 Å². The van der Waals surface area contributed by atoms with Gasteiger partial charge in [0.1, 0.15) is 0 Å². The lowest BCUT2D eigenvalue weighted by molar-refractivity contribution is 0.107. The fourth-order valence-electron chi connectivity index (χ4n) is 7.86. The van der Waals surface area contributed by atoms with Crippen LogP contribution in [0, 0.1) is 0 Å². The molecule has 0 fully saturated rings. The lowest BCUT2D eigenvalue weighted by atomic mass is 10.0. The molecule has 0 saturated heterocycles. The van der Waals surface area contributed by atoms with E-state index in [0.29, 0.717) is 13.2 Å². The Hall–Kier alpha value is -7.34. The number of nitrogens with zero attached hydrogens (tertiary/aromatic N) is 2. The lowest BCUT2D eigenvalue weighted by Gasteiger charge is -2.08. The van der Waals surface area contributed by atoms with Crippen molar-refractivity contribution in [3.8, 4) is 44.5 Å². The predicted octanol–water partition coefficient (Wildman–Crippen LogP) is 13.0. The van der Waals surface area contributed by atoms with Crippen LogP contribution in [0.1, 0.15) is 33.9 Å². The zero-order chi connectivity index (χ0) is 38.0. The number of aromatic amines is 2. The Morgan fingerprint density at radius 3 is 0.965 bits per heavy atom. The highest BCUT2D eigenvalue weighted by Gasteiger charge is 2.19. The number of ether oxygens (including phenoxy) is 1. The van der Waals surface area contributed by atoms with Crippen LogP contribution >= 0.6 is 0 Å². The van der Waals surface area contributed by atoms with E-state index >= 15 is 0 Å². The predicted molar refractivity (Wildman–Crippen MR) is 236 cm³/mol. The maximum Gasteiger partial charge on any atom is 0.0737 e. The van der Waals surface area contributed by atoms with E-state index < -0.39 is 0 Å². The lowest BCUT2D eigenvalue weighted by Crippen LogP contribution is -1.94. The molecule has 3 aromatic heterocycles. The molecular formula is C52H38N4O. The van der Waals surface area contributed by atoms with Gasteiger partial charge in [-0.1, -0.05) is 146 Å². The molecule has 2 N–H and O–H groups in total. The molecule has 0 amide bonds. The summed E-state index contributed by atoms with van der Waals surface area (Å²) in [5, 5.41) is 0. The summed E-state index contributed by atoms with van der Waals surface area (Å²) in [4.78, 5) is 18.5. The van der Waals surface area contributed by atoms with Gasteiger partial charge in [0.2, 0.25) is 0 Å². The number of fused-ring (bicyclic) bond motifs is 8. The Balaban J connectivity index is 1.24. The van der Waals surface area contributed by atoms with Crippen molar-refractivity contribution in [1.29, 1.82) is 0 Å². The van der Waals surface area contributed by atoms with Gasteiger partial charge in [-0.15, -0.1) is 0 Å². The maximum atomic E-state index is 6.09. The number of hydrogen-bond acceptors (Lipinski definition) is 3. The largest absolute Gasteiger partial charge is 0.372 e. The summed E-state index contributed by atoms with van der Waals surface area (Å²) in [5.74, 6) is 0. The molecule has 2 aliphatic rings. The topological polar surface area (TPSA) is 66.6 Å². The van der Waals surface area contributed by atoms with E-state index in [2.05, 4.69) is 186 Å². The Morgan fingerprint density at radius 1 is 0.316 bits per heavy atom. The van der Waals surface area contributed by atoms with E-state index in [-0.39, 0.29) is 0 Å². The highest BCUT2D eigenvalue weighted by molar-refractivity contribution is 5.99. The summed E-state index contributed by atoms with van der Waals surface area (Å²) in [6, 6.07) is 59.1. The monoisotopic (exact) mass is 734 g/mol. The first-order chi connectivity index (χ1) is 28.2. The molecular weight excluding hydrogens is 697 g/mol. The average Bonchev–Trinajstić information content (AvgIpc) is 4.11. The SMILES string of the molecule is C1=Cc2nc1c(-c1ccccc1)c1ccc([nH]1)c(-c1ccccc1)c1nc(c(-c3ccc(COCc4ccccc4)cc3)c3ccc([nH]3)c2-c2ccccc2)C=C1. The Morgan fingerprint density at radius 2 is 0.614 bits per heavy atom. The first-order valence-electron chi connectivity index (χ1n) is 19.3. The average molecular weight is 735 g/mol. The van der Waals surface area contributed by atoms with Crippen molar-refractivity contribution < 1.29 is 4.74 Å². The highest BCUT2D eigenvalue weighted by atomic mass is 16.5. The molecule has 2 aliphatic heterocycles. The second-order valence-electron chi connectivity index (χ2n) is 14.3. The quantitative estimate of drug-likeness (QED) is 0.163. The molecule has 5 heterocycles. The molecule has 0 atom stereocenters. The van der Waals surface area contributed by atoms with Crippen molar-refractivity contribution in [2.24, 2.45) is 0 Å². The van der Waals surface area contributed by atoms with Gasteiger partial charge in [-0.3, -0.25) is 0 Å². The molecule has 5 aromatic carbocycles. The number of benzene rings is 5. The van der Waals surface area contributed by atoms with Gasteiger partial charge < -0.3 is 14.7 Å². The first kappa shape index (κ1) is 34.2. The summed E-state index contributed by atoms with van der Waals surface area (Å²) in [7, 11) is 0. The Bertz CT molecular complexity index is 2910. The minimum absolute atomic E-state index is 0.525. The normalized spacial score (nSPS) is 11.9. The van der Waals surface area contributed by atoms with Gasteiger partial charge in [0.15, 0.2) is 0 Å². The van der Waals surface area contributed by atoms with E-state index in [1.165, 1.54) is 0 Å². The van der Waals surface area contributed by atoms with Crippen LogP contribution in [0.15, 0.2) is 170 Å². The van der Waals surface area contributed by atoms with Crippen molar-refractivity contribution in [1.82, 2.24) is 19.9 Å². The number of aromatic nitrogens is 4. The van der Waals surface area contributed by atoms with E-state index in [0.717, 1.165) is 100 Å². The van der Waals surface area contributed by atoms with Gasteiger partial charge in [-0.25, -0.2) is 9.97 Å². The van der Waals surface area contributed by atoms with Crippen molar-refractivity contribution >= 4 is 46.4 Å². The van der Waals surface area contributed by atoms with Crippen LogP contribution in [0.3, 0.4) is 0 Å². The first-order valence-corrected chi connectivity index (χ1v) is 19.3. The van der Waals surface area contributed by atoms with E-state index in [9.17, 15) is 0 Å². The third-order valence-electron chi connectivity index (χ3n) is 10.6. The fourth-order valence-corrected chi connectivity index (χ4v) is 7.86. The number of hydrogen-bond donors (Lipinski definition) is 2. The zero-order valence-corrected chi connectivity index (χ0v) is 31.2. The molecule has 5 heteroatoms. The van der Waals surface area contributed by atoms with Crippen LogP contribution in [-0.4, -0.2) is 19.9 Å². The van der Waals surface area contributed by atoms with Crippen LogP contribution in [0.4, 0.5) is 0 Å². The zero-order valence-electron chi connectivity index (χ0n) is 31.2. The number of rotatable bonds is 8. The van der Waals surface area contributed by atoms with Crippen molar-refractivity contribution in [3.63, 3.8) is 0 Å². The summed E-state index contributed by atoms with van der Waals surface area (Å²) in [6.07, 6.45) is 8.55. The highest BCUT2D eigenvalue weighted by Crippen LogP contribution is 2.38. The molecule has 0 saturated carbocycles. The summed E-state index contributed by atoms with van der Waals surface area (Å²) in [5.41, 5.74) is 18.1. The summed E-state index contributed by atoms with van der Waals surface area (Å²) in [6.45, 7) is 1.09. The van der Waals surface area contributed by atoms with Crippen molar-refractivity contribution in [2.75, 3.05) is 0 Å². The third kappa shape index (κ3) is 6.82. The van der Waals surface area contributed by atoms with Gasteiger partial charge in [0.05, 0.1) is 36.0 Å². The second kappa shape index (κ2) is 15.1. The second-order valence-corrected chi connectivity index (χ2v) is 14.3. The molecule has 8 aromatic rings. The van der Waals surface area contributed by atoms with Gasteiger partial charge in [-0.05, 0) is 82.0 Å². The molecule has 272 valence electrons. The van der Waals surface area contributed by atoms with E-state index in [1.54, 1.807) is 0 Å². The molecule has 0 spiro atoms. The van der Waals surface area contributed by atoms with Crippen LogP contribution < -0.4 is 0 Å². The van der Waals surface area contributed by atoms with Crippen LogP contribution in [0.2, 0.25) is 0 Å². The molecule has 5 nitrogen and oxygen atoms in total. The minimum Gasteiger partial charge on any atom is -0.372 e. The van der Waals surface area contributed by atoms with E-state index in [1.807, 2.05) is 18.2 Å². The van der Waals surface area contributed by atoms with Crippen molar-refractivity contribution in [3.05, 3.63) is 204 Å². The molecule has 10 rings (SSSR count). The third-order valence-corrected chi connectivity index (χ3v) is 10.6. The smallest absolute Gasteiger partial charge is 0.0737 e. The van der Waals surface area contributed by atoms with Gasteiger partial charge in [-0.2, -0.15) is 0 Å². The van der Waals surface area contributed by atoms with Crippen LogP contribution in [-0.2, 0) is 18.0 Å². The molecule has 0 aliphatic carbocycles. The van der Waals surface area contributed by atoms with Crippen LogP contribution in [0.5, 0.6) is 0 Å². The number of nitrogens with one attached hydrogen (secondary N) is 2. The fraction of sp³-hybridized carbons (Fsp3) is 0.0385. The molecule has 0 radical (unpaired) electrons. The van der Waals surface area contributed by atoms with E-state index in [4.69, 9.17) is 14.7 Å². The standard InChI is InChI=1S/C52H38N4O/c1-5-13-35(14-6-1)33-57-34-36-21-23-40(24-22-36)52-47-31-29-45(55-47)50(38-17-9-3-10-18-38)43-27-25-41(53-43)49(37-15-7-2-8-16-37)42-26-28-44(54-42)51(39-19-11-4-12-20-39)46-30-32-48(52)56-46/h1-32,53,56H,33-34H2. The maximum absolute atomic E-state index is 6.09. The van der Waals surface area contributed by atoms with Gasteiger partial charge >= 0.3 is 0 Å². The Kier molecular flexibility index (Phi) is 9.03.